The number of hydrogen-bond donors (Lipinski definition) is 0. The minimum atomic E-state index is -0.440. The molecule has 0 aliphatic heterocycles. The Kier molecular flexibility index (Phi) is 1.88. The third-order valence-corrected chi connectivity index (χ3v) is 3.19. The molecule has 0 atom stereocenters. The van der Waals surface area contributed by atoms with Crippen LogP contribution in [0.5, 0.6) is 0 Å². The second-order valence-electron chi connectivity index (χ2n) is 2.87. The lowest BCUT2D eigenvalue weighted by molar-refractivity contribution is 0.112. The van der Waals surface area contributed by atoms with E-state index in [0.29, 0.717) is 6.29 Å². The van der Waals surface area contributed by atoms with E-state index in [9.17, 15) is 9.18 Å². The van der Waals surface area contributed by atoms with Gasteiger partial charge in [-0.15, -0.1) is 11.3 Å². The summed E-state index contributed by atoms with van der Waals surface area (Å²) in [4.78, 5) is 10.6. The van der Waals surface area contributed by atoms with E-state index in [1.165, 1.54) is 17.4 Å². The highest BCUT2D eigenvalue weighted by Gasteiger charge is 2.09. The Morgan fingerprint density at radius 3 is 2.92 bits per heavy atom. The summed E-state index contributed by atoms with van der Waals surface area (Å²) in [5.41, 5.74) is 1.26. The molecule has 0 N–H and O–H groups in total. The number of halogens is 1. The smallest absolute Gasteiger partial charge is 0.154 e. The summed E-state index contributed by atoms with van der Waals surface area (Å²) in [7, 11) is 0. The fourth-order valence-corrected chi connectivity index (χ4v) is 2.38. The monoisotopic (exact) mass is 194 g/mol. The first-order valence-corrected chi connectivity index (χ1v) is 4.73. The van der Waals surface area contributed by atoms with Crippen LogP contribution in [0.4, 0.5) is 4.39 Å². The van der Waals surface area contributed by atoms with Crippen LogP contribution in [0.25, 0.3) is 10.1 Å². The Bertz CT molecular complexity index is 473. The van der Waals surface area contributed by atoms with E-state index in [2.05, 4.69) is 0 Å². The molecule has 66 valence electrons. The zero-order valence-corrected chi connectivity index (χ0v) is 7.82. The van der Waals surface area contributed by atoms with Gasteiger partial charge >= 0.3 is 0 Å². The van der Waals surface area contributed by atoms with Gasteiger partial charge in [0.25, 0.3) is 0 Å². The zero-order valence-electron chi connectivity index (χ0n) is 7.00. The van der Waals surface area contributed by atoms with E-state index < -0.39 is 5.82 Å². The zero-order chi connectivity index (χ0) is 9.42. The van der Waals surface area contributed by atoms with E-state index in [4.69, 9.17) is 0 Å². The first kappa shape index (κ1) is 8.38. The number of aldehydes is 1. The Morgan fingerprint density at radius 1 is 1.46 bits per heavy atom. The number of fused-ring (bicyclic) bond motifs is 1. The predicted octanol–water partition coefficient (Wildman–Crippen LogP) is 3.16. The molecule has 0 amide bonds. The molecule has 2 aromatic rings. The van der Waals surface area contributed by atoms with Crippen LogP contribution in [0.1, 0.15) is 15.9 Å². The Hall–Kier alpha value is -1.22. The molecule has 0 bridgehead atoms. The molecule has 1 heterocycles. The molecule has 2 rings (SSSR count). The third-order valence-electron chi connectivity index (χ3n) is 2.04. The van der Waals surface area contributed by atoms with Gasteiger partial charge in [-0.05, 0) is 29.3 Å². The molecule has 13 heavy (non-hydrogen) atoms. The maximum Gasteiger partial charge on any atom is 0.154 e. The van der Waals surface area contributed by atoms with Crippen molar-refractivity contribution in [1.82, 2.24) is 0 Å². The number of carbonyl (C=O) groups is 1. The fraction of sp³-hybridized carbons (Fsp3) is 0.100. The Balaban J connectivity index is 2.92. The molecule has 0 radical (unpaired) electrons. The maximum absolute atomic E-state index is 13.1. The maximum atomic E-state index is 13.1. The average Bonchev–Trinajstić information content (AvgIpc) is 2.48. The van der Waals surface area contributed by atoms with Crippen molar-refractivity contribution < 1.29 is 9.18 Å². The molecule has 1 nitrogen and oxygen atoms in total. The number of benzene rings is 1. The summed E-state index contributed by atoms with van der Waals surface area (Å²) in [6.07, 6.45) is 0.577. The molecule has 3 heteroatoms. The second kappa shape index (κ2) is 2.92. The molecule has 1 aromatic heterocycles. The predicted molar refractivity (Wildman–Crippen MR) is 51.9 cm³/mol. The van der Waals surface area contributed by atoms with Crippen molar-refractivity contribution in [2.75, 3.05) is 0 Å². The molecular formula is C10H7FOS. The van der Waals surface area contributed by atoms with Crippen LogP contribution in [0, 0.1) is 12.7 Å². The van der Waals surface area contributed by atoms with E-state index in [1.54, 1.807) is 6.07 Å². The summed E-state index contributed by atoms with van der Waals surface area (Å²) in [6.45, 7) is 1.95. The minimum Gasteiger partial charge on any atom is -0.298 e. The molecule has 0 spiro atoms. The van der Waals surface area contributed by atoms with Crippen LogP contribution < -0.4 is 0 Å². The van der Waals surface area contributed by atoms with Gasteiger partial charge in [0, 0.05) is 4.70 Å². The lowest BCUT2D eigenvalue weighted by Gasteiger charge is -1.96. The van der Waals surface area contributed by atoms with Crippen LogP contribution in [-0.4, -0.2) is 6.29 Å². The van der Waals surface area contributed by atoms with Crippen molar-refractivity contribution in [3.63, 3.8) is 0 Å². The summed E-state index contributed by atoms with van der Waals surface area (Å²) >= 11 is 1.41. The molecule has 0 fully saturated rings. The standard InChI is InChI=1S/C10H7FOS/c1-6-5-13-10-7(6)2-3-9(11)8(10)4-12/h2-5H,1H3. The Labute approximate surface area is 78.8 Å². The summed E-state index contributed by atoms with van der Waals surface area (Å²) < 4.78 is 13.8. The van der Waals surface area contributed by atoms with Gasteiger partial charge in [-0.25, -0.2) is 4.39 Å². The lowest BCUT2D eigenvalue weighted by atomic mass is 10.1. The number of aryl methyl sites for hydroxylation is 1. The first-order valence-electron chi connectivity index (χ1n) is 3.85. The highest BCUT2D eigenvalue weighted by Crippen LogP contribution is 2.29. The summed E-state index contributed by atoms with van der Waals surface area (Å²) in [5, 5.41) is 2.89. The molecule has 0 saturated carbocycles. The van der Waals surface area contributed by atoms with E-state index >= 15 is 0 Å². The number of hydrogen-bond acceptors (Lipinski definition) is 2. The van der Waals surface area contributed by atoms with Crippen molar-refractivity contribution in [3.8, 4) is 0 Å². The molecule has 0 aliphatic carbocycles. The van der Waals surface area contributed by atoms with Gasteiger partial charge in [0.15, 0.2) is 6.29 Å². The summed E-state index contributed by atoms with van der Waals surface area (Å²) in [6, 6.07) is 3.05. The quantitative estimate of drug-likeness (QED) is 0.637. The van der Waals surface area contributed by atoms with Crippen molar-refractivity contribution in [2.45, 2.75) is 6.92 Å². The van der Waals surface area contributed by atoms with Crippen molar-refractivity contribution >= 4 is 27.7 Å². The lowest BCUT2D eigenvalue weighted by Crippen LogP contribution is -1.86. The van der Waals surface area contributed by atoms with Crippen LogP contribution in [0.2, 0.25) is 0 Å². The number of rotatable bonds is 1. The van der Waals surface area contributed by atoms with Gasteiger partial charge in [0.05, 0.1) is 5.56 Å². The van der Waals surface area contributed by atoms with Crippen LogP contribution >= 0.6 is 11.3 Å². The highest BCUT2D eigenvalue weighted by atomic mass is 32.1. The topological polar surface area (TPSA) is 17.1 Å². The van der Waals surface area contributed by atoms with Crippen LogP contribution in [0.15, 0.2) is 17.5 Å². The van der Waals surface area contributed by atoms with E-state index in [1.807, 2.05) is 12.3 Å². The van der Waals surface area contributed by atoms with E-state index in [0.717, 1.165) is 15.6 Å². The highest BCUT2D eigenvalue weighted by molar-refractivity contribution is 7.17. The largest absolute Gasteiger partial charge is 0.298 e. The minimum absolute atomic E-state index is 0.176. The van der Waals surface area contributed by atoms with Gasteiger partial charge in [-0.2, -0.15) is 0 Å². The van der Waals surface area contributed by atoms with Crippen molar-refractivity contribution in [1.29, 1.82) is 0 Å². The average molecular weight is 194 g/mol. The van der Waals surface area contributed by atoms with Gasteiger partial charge in [0.2, 0.25) is 0 Å². The van der Waals surface area contributed by atoms with Crippen molar-refractivity contribution in [3.05, 3.63) is 34.5 Å². The molecule has 0 unspecified atom stereocenters. The molecule has 0 saturated heterocycles. The normalized spacial score (nSPS) is 10.6. The van der Waals surface area contributed by atoms with Gasteiger partial charge in [0.1, 0.15) is 5.82 Å². The molecular weight excluding hydrogens is 187 g/mol. The molecule has 0 aliphatic rings. The second-order valence-corrected chi connectivity index (χ2v) is 3.75. The molecule has 1 aromatic carbocycles. The van der Waals surface area contributed by atoms with Crippen LogP contribution in [0.3, 0.4) is 0 Å². The van der Waals surface area contributed by atoms with E-state index in [-0.39, 0.29) is 5.56 Å². The first-order chi connectivity index (χ1) is 6.24. The Morgan fingerprint density at radius 2 is 2.23 bits per heavy atom. The number of carbonyl (C=O) groups excluding carboxylic acids is 1. The van der Waals surface area contributed by atoms with Crippen molar-refractivity contribution in [2.24, 2.45) is 0 Å². The van der Waals surface area contributed by atoms with Gasteiger partial charge in [-0.3, -0.25) is 4.79 Å². The van der Waals surface area contributed by atoms with Gasteiger partial charge in [-0.1, -0.05) is 6.07 Å². The van der Waals surface area contributed by atoms with Crippen LogP contribution in [-0.2, 0) is 0 Å². The fourth-order valence-electron chi connectivity index (χ4n) is 1.33. The van der Waals surface area contributed by atoms with Gasteiger partial charge < -0.3 is 0 Å². The summed E-state index contributed by atoms with van der Waals surface area (Å²) in [5.74, 6) is -0.440. The SMILES string of the molecule is Cc1csc2c(C=O)c(F)ccc12. The number of thiophene rings is 1. The third kappa shape index (κ3) is 1.16.